The smallest absolute Gasteiger partial charge is 0.348 e. The third-order valence-corrected chi connectivity index (χ3v) is 4.03. The fraction of sp³-hybridized carbons (Fsp3) is 0.400. The van der Waals surface area contributed by atoms with Crippen LogP contribution in [0, 0.1) is 0 Å². The van der Waals surface area contributed by atoms with Gasteiger partial charge in [-0.15, -0.1) is 0 Å². The molecular formula is C10H6Cl4O5. The van der Waals surface area contributed by atoms with Gasteiger partial charge in [0.05, 0.1) is 33.3 Å². The van der Waals surface area contributed by atoms with Crippen LogP contribution in [-0.2, 0) is 23.8 Å². The summed E-state index contributed by atoms with van der Waals surface area (Å²) in [7, 11) is 0. The van der Waals surface area contributed by atoms with Gasteiger partial charge in [-0.05, 0) is 0 Å². The molecule has 0 N–H and O–H groups in total. The molecule has 2 aliphatic rings. The standard InChI is InChI=1S/C10H6Cl4O5/c11-3-1-17-7(5(3)13)9(15)19-10(16)8-6(14)4(12)2-18-8/h7-8H,1-2H2. The van der Waals surface area contributed by atoms with E-state index in [1.54, 1.807) is 0 Å². The quantitative estimate of drug-likeness (QED) is 0.566. The molecule has 0 aromatic carbocycles. The van der Waals surface area contributed by atoms with Crippen molar-refractivity contribution in [2.75, 3.05) is 13.2 Å². The van der Waals surface area contributed by atoms with E-state index in [-0.39, 0.29) is 33.3 Å². The summed E-state index contributed by atoms with van der Waals surface area (Å²) in [5.74, 6) is -1.97. The normalized spacial score (nSPS) is 27.2. The summed E-state index contributed by atoms with van der Waals surface area (Å²) in [5, 5.41) is 0.362. The van der Waals surface area contributed by atoms with Crippen molar-refractivity contribution in [3.05, 3.63) is 20.1 Å². The number of carbonyl (C=O) groups excluding carboxylic acids is 2. The number of carbonyl (C=O) groups is 2. The first kappa shape index (κ1) is 15.1. The third-order valence-electron chi connectivity index (χ3n) is 2.36. The molecule has 0 aromatic rings. The van der Waals surface area contributed by atoms with Crippen molar-refractivity contribution in [2.45, 2.75) is 12.2 Å². The Hall–Kier alpha value is -0.300. The first-order valence-corrected chi connectivity index (χ1v) is 6.49. The summed E-state index contributed by atoms with van der Waals surface area (Å²) in [6.45, 7) is -0.0263. The Kier molecular flexibility index (Phi) is 4.76. The van der Waals surface area contributed by atoms with Crippen LogP contribution in [0.2, 0.25) is 0 Å². The van der Waals surface area contributed by atoms with E-state index in [9.17, 15) is 9.59 Å². The molecule has 104 valence electrons. The van der Waals surface area contributed by atoms with Gasteiger partial charge in [-0.25, -0.2) is 9.59 Å². The van der Waals surface area contributed by atoms with Crippen molar-refractivity contribution in [3.63, 3.8) is 0 Å². The van der Waals surface area contributed by atoms with Crippen molar-refractivity contribution in [1.82, 2.24) is 0 Å². The number of hydrogen-bond donors (Lipinski definition) is 0. The highest BCUT2D eigenvalue weighted by atomic mass is 35.5. The highest BCUT2D eigenvalue weighted by molar-refractivity contribution is 6.41. The van der Waals surface area contributed by atoms with E-state index in [0.29, 0.717) is 0 Å². The fourth-order valence-electron chi connectivity index (χ4n) is 1.43. The number of ether oxygens (including phenoxy) is 3. The van der Waals surface area contributed by atoms with Gasteiger partial charge >= 0.3 is 11.9 Å². The van der Waals surface area contributed by atoms with Crippen molar-refractivity contribution in [3.8, 4) is 0 Å². The maximum Gasteiger partial charge on any atom is 0.348 e. The molecule has 2 aliphatic heterocycles. The first-order chi connectivity index (χ1) is 8.91. The van der Waals surface area contributed by atoms with Crippen LogP contribution in [0.25, 0.3) is 0 Å². The molecule has 2 heterocycles. The van der Waals surface area contributed by atoms with Crippen LogP contribution < -0.4 is 0 Å². The van der Waals surface area contributed by atoms with Crippen LogP contribution in [0.15, 0.2) is 20.1 Å². The zero-order valence-corrected chi connectivity index (χ0v) is 12.1. The van der Waals surface area contributed by atoms with Crippen LogP contribution in [0.4, 0.5) is 0 Å². The van der Waals surface area contributed by atoms with E-state index in [4.69, 9.17) is 55.9 Å². The average Bonchev–Trinajstić information content (AvgIpc) is 2.85. The van der Waals surface area contributed by atoms with Gasteiger partial charge in [-0.1, -0.05) is 46.4 Å². The van der Waals surface area contributed by atoms with Gasteiger partial charge in [-0.3, -0.25) is 0 Å². The Morgan fingerprint density at radius 1 is 0.895 bits per heavy atom. The molecule has 2 unspecified atom stereocenters. The van der Waals surface area contributed by atoms with Crippen LogP contribution in [0.5, 0.6) is 0 Å². The van der Waals surface area contributed by atoms with E-state index < -0.39 is 24.1 Å². The van der Waals surface area contributed by atoms with Gasteiger partial charge < -0.3 is 14.2 Å². The van der Waals surface area contributed by atoms with E-state index in [1.165, 1.54) is 0 Å². The van der Waals surface area contributed by atoms with E-state index >= 15 is 0 Å². The van der Waals surface area contributed by atoms with Gasteiger partial charge in [-0.2, -0.15) is 0 Å². The molecule has 0 radical (unpaired) electrons. The second kappa shape index (κ2) is 5.99. The predicted molar refractivity (Wildman–Crippen MR) is 68.0 cm³/mol. The minimum Gasteiger partial charge on any atom is -0.389 e. The Bertz CT molecular complexity index is 454. The number of esters is 2. The summed E-state index contributed by atoms with van der Waals surface area (Å²) >= 11 is 22.8. The summed E-state index contributed by atoms with van der Waals surface area (Å²) in [6, 6.07) is 0. The molecule has 9 heteroatoms. The lowest BCUT2D eigenvalue weighted by Gasteiger charge is -2.12. The molecule has 5 nitrogen and oxygen atoms in total. The summed E-state index contributed by atoms with van der Waals surface area (Å²) in [5.41, 5.74) is 0. The monoisotopic (exact) mass is 346 g/mol. The zero-order chi connectivity index (χ0) is 14.2. The summed E-state index contributed by atoms with van der Waals surface area (Å²) < 4.78 is 14.5. The van der Waals surface area contributed by atoms with Gasteiger partial charge in [0, 0.05) is 0 Å². The molecule has 2 rings (SSSR count). The Morgan fingerprint density at radius 3 is 1.53 bits per heavy atom. The molecule has 0 amide bonds. The Labute approximate surface area is 128 Å². The lowest BCUT2D eigenvalue weighted by Crippen LogP contribution is -2.32. The molecule has 0 fully saturated rings. The summed E-state index contributed by atoms with van der Waals surface area (Å²) in [6.07, 6.45) is -2.42. The predicted octanol–water partition coefficient (Wildman–Crippen LogP) is 2.23. The van der Waals surface area contributed by atoms with E-state index in [2.05, 4.69) is 4.74 Å². The number of hydrogen-bond acceptors (Lipinski definition) is 5. The SMILES string of the molecule is O=C(OC(=O)C1OCC(Cl)=C1Cl)C1OCC(Cl)=C1Cl. The molecule has 0 aliphatic carbocycles. The van der Waals surface area contributed by atoms with Gasteiger partial charge in [0.15, 0.2) is 12.2 Å². The topological polar surface area (TPSA) is 61.8 Å². The van der Waals surface area contributed by atoms with Crippen molar-refractivity contribution in [1.29, 1.82) is 0 Å². The largest absolute Gasteiger partial charge is 0.389 e. The molecule has 0 saturated carbocycles. The van der Waals surface area contributed by atoms with Crippen LogP contribution in [-0.4, -0.2) is 37.4 Å². The molecule has 0 saturated heterocycles. The Morgan fingerprint density at radius 2 is 1.26 bits per heavy atom. The fourth-order valence-corrected chi connectivity index (χ4v) is 2.17. The average molecular weight is 348 g/mol. The van der Waals surface area contributed by atoms with E-state index in [1.807, 2.05) is 0 Å². The zero-order valence-electron chi connectivity index (χ0n) is 9.12. The maximum absolute atomic E-state index is 11.7. The van der Waals surface area contributed by atoms with Crippen LogP contribution in [0.3, 0.4) is 0 Å². The van der Waals surface area contributed by atoms with Crippen molar-refractivity contribution in [2.24, 2.45) is 0 Å². The lowest BCUT2D eigenvalue weighted by atomic mass is 10.3. The molecule has 19 heavy (non-hydrogen) atoms. The van der Waals surface area contributed by atoms with Crippen LogP contribution in [0.1, 0.15) is 0 Å². The van der Waals surface area contributed by atoms with Gasteiger partial charge in [0.25, 0.3) is 0 Å². The minimum atomic E-state index is -1.21. The summed E-state index contributed by atoms with van der Waals surface area (Å²) in [4.78, 5) is 23.3. The first-order valence-electron chi connectivity index (χ1n) is 4.98. The van der Waals surface area contributed by atoms with Crippen molar-refractivity contribution < 1.29 is 23.8 Å². The molecule has 0 bridgehead atoms. The highest BCUT2D eigenvalue weighted by Crippen LogP contribution is 2.30. The maximum atomic E-state index is 11.7. The van der Waals surface area contributed by atoms with Gasteiger partial charge in [0.1, 0.15) is 0 Å². The highest BCUT2D eigenvalue weighted by Gasteiger charge is 2.38. The van der Waals surface area contributed by atoms with Gasteiger partial charge in [0.2, 0.25) is 0 Å². The number of rotatable bonds is 2. The third kappa shape index (κ3) is 3.07. The molecular weight excluding hydrogens is 342 g/mol. The second-order valence-electron chi connectivity index (χ2n) is 3.63. The van der Waals surface area contributed by atoms with Crippen LogP contribution >= 0.6 is 46.4 Å². The number of halogens is 4. The lowest BCUT2D eigenvalue weighted by molar-refractivity contribution is -0.170. The second-order valence-corrected chi connectivity index (χ2v) is 5.35. The molecule has 0 spiro atoms. The molecule has 0 aromatic heterocycles. The molecule has 2 atom stereocenters. The van der Waals surface area contributed by atoms with E-state index in [0.717, 1.165) is 0 Å². The Balaban J connectivity index is 1.99. The van der Waals surface area contributed by atoms with Crippen molar-refractivity contribution >= 4 is 58.3 Å². The minimum absolute atomic E-state index is 0.00789.